The highest BCUT2D eigenvalue weighted by Crippen LogP contribution is 2.40. The van der Waals surface area contributed by atoms with E-state index in [-0.39, 0.29) is 24.0 Å². The molecule has 1 amide bonds. The molecule has 3 aromatic rings. The summed E-state index contributed by atoms with van der Waals surface area (Å²) in [5.41, 5.74) is 1.87. The van der Waals surface area contributed by atoms with Gasteiger partial charge >= 0.3 is 0 Å². The van der Waals surface area contributed by atoms with Crippen LogP contribution in [0.25, 0.3) is 10.4 Å². The highest BCUT2D eigenvalue weighted by atomic mass is 35.5. The first-order valence-electron chi connectivity index (χ1n) is 10.5. The van der Waals surface area contributed by atoms with Gasteiger partial charge < -0.3 is 10.0 Å². The Morgan fingerprint density at radius 3 is 2.48 bits per heavy atom. The van der Waals surface area contributed by atoms with Crippen molar-refractivity contribution in [1.29, 1.82) is 0 Å². The van der Waals surface area contributed by atoms with E-state index in [2.05, 4.69) is 4.99 Å². The highest BCUT2D eigenvalue weighted by Gasteiger charge is 2.19. The fourth-order valence-corrected chi connectivity index (χ4v) is 5.44. The second kappa shape index (κ2) is 11.3. The number of Topliss-reactive ketones (excluding diaryl/α,β-unsaturated/α-hetero) is 1. The molecular formula is C24H24Cl2N2O3S2. The van der Waals surface area contributed by atoms with E-state index >= 15 is 0 Å². The number of nitrogens with zero attached hydrogens (tertiary/aromatic N) is 2. The molecular weight excluding hydrogens is 499 g/mol. The molecule has 174 valence electrons. The number of hydrogen-bond donors (Lipinski definition) is 1. The molecule has 1 aromatic carbocycles. The van der Waals surface area contributed by atoms with Gasteiger partial charge in [0.2, 0.25) is 0 Å². The van der Waals surface area contributed by atoms with Crippen molar-refractivity contribution in [1.82, 2.24) is 4.90 Å². The van der Waals surface area contributed by atoms with Crippen molar-refractivity contribution in [2.24, 2.45) is 4.99 Å². The van der Waals surface area contributed by atoms with Gasteiger partial charge in [-0.2, -0.15) is 0 Å². The molecule has 0 atom stereocenters. The zero-order valence-electron chi connectivity index (χ0n) is 18.5. The number of aliphatic imine (C=N–C) groups is 1. The molecule has 2 heterocycles. The Morgan fingerprint density at radius 2 is 1.82 bits per heavy atom. The molecule has 0 fully saturated rings. The summed E-state index contributed by atoms with van der Waals surface area (Å²) in [6.07, 6.45) is 0.882. The minimum Gasteiger partial charge on any atom is -0.506 e. The lowest BCUT2D eigenvalue weighted by Crippen LogP contribution is -2.30. The third-order valence-corrected chi connectivity index (χ3v) is 7.92. The summed E-state index contributed by atoms with van der Waals surface area (Å²) >= 11 is 14.6. The van der Waals surface area contributed by atoms with Crippen LogP contribution in [0.3, 0.4) is 0 Å². The maximum absolute atomic E-state index is 12.7. The number of thiophene rings is 2. The van der Waals surface area contributed by atoms with Crippen molar-refractivity contribution in [3.8, 4) is 16.2 Å². The molecule has 0 aliphatic heterocycles. The van der Waals surface area contributed by atoms with E-state index in [0.29, 0.717) is 49.0 Å². The third kappa shape index (κ3) is 5.84. The molecule has 0 bridgehead atoms. The summed E-state index contributed by atoms with van der Waals surface area (Å²) in [6, 6.07) is 8.54. The Balaban J connectivity index is 1.72. The Hall–Kier alpha value is -2.19. The van der Waals surface area contributed by atoms with E-state index in [1.165, 1.54) is 22.7 Å². The Labute approximate surface area is 211 Å². The molecule has 0 unspecified atom stereocenters. The number of carbonyl (C=O) groups is 2. The van der Waals surface area contributed by atoms with E-state index in [1.54, 1.807) is 47.5 Å². The van der Waals surface area contributed by atoms with Crippen molar-refractivity contribution in [2.45, 2.75) is 27.2 Å². The fourth-order valence-electron chi connectivity index (χ4n) is 3.24. The Morgan fingerprint density at radius 1 is 1.09 bits per heavy atom. The maximum atomic E-state index is 12.7. The normalized spacial score (nSPS) is 11.6. The molecule has 2 aromatic heterocycles. The van der Waals surface area contributed by atoms with Crippen LogP contribution in [0.15, 0.2) is 40.7 Å². The second-order valence-corrected chi connectivity index (χ2v) is 10.1. The predicted molar refractivity (Wildman–Crippen MR) is 139 cm³/mol. The number of benzene rings is 1. The smallest absolute Gasteiger partial charge is 0.263 e. The quantitative estimate of drug-likeness (QED) is 0.241. The van der Waals surface area contributed by atoms with Crippen LogP contribution in [0.5, 0.6) is 5.75 Å². The topological polar surface area (TPSA) is 70.0 Å². The molecule has 1 N–H and O–H groups in total. The summed E-state index contributed by atoms with van der Waals surface area (Å²) in [7, 11) is 0. The predicted octanol–water partition coefficient (Wildman–Crippen LogP) is 7.05. The molecule has 33 heavy (non-hydrogen) atoms. The van der Waals surface area contributed by atoms with Crippen molar-refractivity contribution >= 4 is 63.3 Å². The lowest BCUT2D eigenvalue weighted by molar-refractivity contribution is 0.0769. The molecule has 0 spiro atoms. The standard InChI is InChI=1S/C24H24Cl2N2O3S2/c1-4-10-28(5-2)24(31)21-9-8-20(33-21)19(29)12-27-14(3)16-13-32-23(22(16)30)15-6-7-17(25)18(26)11-15/h6-9,11,13,30H,4-5,10,12H2,1-3H3. The number of hydrogen-bond acceptors (Lipinski definition) is 6. The number of rotatable bonds is 9. The van der Waals surface area contributed by atoms with Crippen molar-refractivity contribution in [3.63, 3.8) is 0 Å². The average Bonchev–Trinajstić information content (AvgIpc) is 3.44. The summed E-state index contributed by atoms with van der Waals surface area (Å²) in [5, 5.41) is 13.4. The monoisotopic (exact) mass is 522 g/mol. The lowest BCUT2D eigenvalue weighted by Gasteiger charge is -2.18. The van der Waals surface area contributed by atoms with Crippen LogP contribution >= 0.6 is 45.9 Å². The van der Waals surface area contributed by atoms with Crippen molar-refractivity contribution < 1.29 is 14.7 Å². The Bertz CT molecular complexity index is 1200. The van der Waals surface area contributed by atoms with Crippen LogP contribution in [0.4, 0.5) is 0 Å². The van der Waals surface area contributed by atoms with Crippen LogP contribution < -0.4 is 0 Å². The van der Waals surface area contributed by atoms with Gasteiger partial charge in [-0.05, 0) is 50.1 Å². The van der Waals surface area contributed by atoms with Gasteiger partial charge in [0.15, 0.2) is 5.78 Å². The summed E-state index contributed by atoms with van der Waals surface area (Å²) in [5.74, 6) is -0.135. The summed E-state index contributed by atoms with van der Waals surface area (Å²) in [6.45, 7) is 6.97. The van der Waals surface area contributed by atoms with Crippen molar-refractivity contribution in [2.75, 3.05) is 19.6 Å². The van der Waals surface area contributed by atoms with Gasteiger partial charge in [-0.1, -0.05) is 36.2 Å². The van der Waals surface area contributed by atoms with Crippen LogP contribution in [0, 0.1) is 0 Å². The van der Waals surface area contributed by atoms with Crippen LogP contribution in [0.2, 0.25) is 10.0 Å². The number of amides is 1. The van der Waals surface area contributed by atoms with Crippen LogP contribution in [-0.2, 0) is 0 Å². The minimum absolute atomic E-state index is 0.0545. The molecule has 0 saturated carbocycles. The van der Waals surface area contributed by atoms with Gasteiger partial charge in [-0.15, -0.1) is 22.7 Å². The number of ketones is 1. The first-order chi connectivity index (χ1) is 15.8. The van der Waals surface area contributed by atoms with E-state index in [0.717, 1.165) is 12.0 Å². The number of halogens is 2. The van der Waals surface area contributed by atoms with Crippen molar-refractivity contribution in [3.05, 3.63) is 61.1 Å². The first kappa shape index (κ1) is 25.4. The molecule has 0 aliphatic carbocycles. The molecule has 0 aliphatic rings. The van der Waals surface area contributed by atoms with Gasteiger partial charge in [-0.25, -0.2) is 0 Å². The number of carbonyl (C=O) groups excluding carboxylic acids is 2. The lowest BCUT2D eigenvalue weighted by atomic mass is 10.1. The van der Waals surface area contributed by atoms with Crippen LogP contribution in [-0.4, -0.2) is 47.0 Å². The van der Waals surface area contributed by atoms with Gasteiger partial charge in [0.25, 0.3) is 5.91 Å². The molecule has 3 rings (SSSR count). The SMILES string of the molecule is CCCN(CC)C(=O)c1ccc(C(=O)CN=C(C)c2csc(-c3ccc(Cl)c(Cl)c3)c2O)s1. The van der Waals surface area contributed by atoms with E-state index < -0.39 is 0 Å². The molecule has 9 heteroatoms. The van der Waals surface area contributed by atoms with Gasteiger partial charge in [0.05, 0.1) is 24.7 Å². The van der Waals surface area contributed by atoms with E-state index in [1.807, 2.05) is 13.8 Å². The third-order valence-electron chi connectivity index (χ3n) is 5.05. The fraction of sp³-hybridized carbons (Fsp3) is 0.292. The van der Waals surface area contributed by atoms with Gasteiger partial charge in [-0.3, -0.25) is 14.6 Å². The maximum Gasteiger partial charge on any atom is 0.263 e. The second-order valence-electron chi connectivity index (χ2n) is 7.33. The Kier molecular flexibility index (Phi) is 8.70. The number of aromatic hydroxyl groups is 1. The summed E-state index contributed by atoms with van der Waals surface area (Å²) in [4.78, 5) is 33.1. The molecule has 0 radical (unpaired) electrons. The molecule has 5 nitrogen and oxygen atoms in total. The van der Waals surface area contributed by atoms with E-state index in [9.17, 15) is 14.7 Å². The summed E-state index contributed by atoms with van der Waals surface area (Å²) < 4.78 is 0. The van der Waals surface area contributed by atoms with E-state index in [4.69, 9.17) is 23.2 Å². The van der Waals surface area contributed by atoms with Crippen LogP contribution in [0.1, 0.15) is 52.1 Å². The average molecular weight is 524 g/mol. The zero-order valence-corrected chi connectivity index (χ0v) is 21.7. The highest BCUT2D eigenvalue weighted by molar-refractivity contribution is 7.16. The van der Waals surface area contributed by atoms with Gasteiger partial charge in [0.1, 0.15) is 12.3 Å². The minimum atomic E-state index is -0.170. The van der Waals surface area contributed by atoms with Gasteiger partial charge in [0, 0.05) is 29.7 Å². The first-order valence-corrected chi connectivity index (χ1v) is 12.9. The zero-order chi connectivity index (χ0) is 24.1. The molecule has 0 saturated heterocycles. The largest absolute Gasteiger partial charge is 0.506 e.